The average molecular weight is 418 g/mol. The second kappa shape index (κ2) is 7.34. The highest BCUT2D eigenvalue weighted by Gasteiger charge is 2.38. The number of hydrogen-bond donors (Lipinski definition) is 0. The van der Waals surface area contributed by atoms with Gasteiger partial charge in [0.05, 0.1) is 0 Å². The van der Waals surface area contributed by atoms with E-state index in [-0.39, 0.29) is 29.2 Å². The van der Waals surface area contributed by atoms with Gasteiger partial charge >= 0.3 is 5.91 Å². The minimum atomic E-state index is -0.160. The minimum Gasteiger partial charge on any atom is -0.432 e. The summed E-state index contributed by atoms with van der Waals surface area (Å²) in [6.45, 7) is 4.82. The van der Waals surface area contributed by atoms with Crippen molar-refractivity contribution < 1.29 is 9.21 Å². The van der Waals surface area contributed by atoms with Crippen LogP contribution in [0.25, 0.3) is 11.1 Å². The smallest absolute Gasteiger partial charge is 0.309 e. The number of carbonyl (C=O) groups excluding carboxylic acids is 1. The molecule has 0 N–H and O–H groups in total. The zero-order valence-corrected chi connectivity index (χ0v) is 17.5. The summed E-state index contributed by atoms with van der Waals surface area (Å²) in [5.74, 6) is 0.445. The van der Waals surface area contributed by atoms with E-state index in [0.29, 0.717) is 30.7 Å². The van der Waals surface area contributed by atoms with Crippen LogP contribution in [-0.4, -0.2) is 51.4 Å². The van der Waals surface area contributed by atoms with Gasteiger partial charge in [-0.2, -0.15) is 0 Å². The van der Waals surface area contributed by atoms with Gasteiger partial charge in [0.2, 0.25) is 0 Å². The lowest BCUT2D eigenvalue weighted by Crippen LogP contribution is -2.49. The highest BCUT2D eigenvalue weighted by atomic mass is 16.4. The number of pyridine rings is 1. The van der Waals surface area contributed by atoms with E-state index in [0.717, 1.165) is 37.3 Å². The van der Waals surface area contributed by atoms with Crippen LogP contribution in [0.4, 0.5) is 0 Å². The first-order valence-corrected chi connectivity index (χ1v) is 11.3. The van der Waals surface area contributed by atoms with E-state index < -0.39 is 0 Å². The number of nitrogens with zero attached hydrogens (tertiary/aromatic N) is 4. The summed E-state index contributed by atoms with van der Waals surface area (Å²) in [7, 11) is 0. The minimum absolute atomic E-state index is 0.151. The Kier molecular flexibility index (Phi) is 4.45. The Morgan fingerprint density at radius 3 is 2.74 bits per heavy atom. The third kappa shape index (κ3) is 3.28. The Hall–Kier alpha value is -2.93. The first-order valence-electron chi connectivity index (χ1n) is 11.3. The number of amides is 1. The molecule has 3 aromatic rings. The lowest BCUT2D eigenvalue weighted by atomic mass is 9.83. The maximum absolute atomic E-state index is 13.2. The fourth-order valence-corrected chi connectivity index (χ4v) is 5.56. The number of benzene rings is 1. The van der Waals surface area contributed by atoms with E-state index in [1.807, 2.05) is 39.8 Å². The number of para-hydroxylation sites is 2. The summed E-state index contributed by atoms with van der Waals surface area (Å²) in [5.41, 5.74) is 3.43. The van der Waals surface area contributed by atoms with Gasteiger partial charge in [0.25, 0.3) is 11.4 Å². The topological polar surface area (TPSA) is 71.6 Å². The van der Waals surface area contributed by atoms with Crippen molar-refractivity contribution in [2.24, 2.45) is 5.92 Å². The maximum Gasteiger partial charge on any atom is 0.309 e. The molecule has 31 heavy (non-hydrogen) atoms. The first-order chi connectivity index (χ1) is 15.2. The monoisotopic (exact) mass is 418 g/mol. The van der Waals surface area contributed by atoms with Crippen LogP contribution in [0.15, 0.2) is 45.6 Å². The van der Waals surface area contributed by atoms with Gasteiger partial charge in [0.1, 0.15) is 5.52 Å². The predicted octanol–water partition coefficient (Wildman–Crippen LogP) is 2.84. The van der Waals surface area contributed by atoms with Crippen LogP contribution in [0.3, 0.4) is 0 Å². The lowest BCUT2D eigenvalue weighted by Gasteiger charge is -2.42. The Labute approximate surface area is 180 Å². The number of hydrogen-bond acceptors (Lipinski definition) is 5. The Morgan fingerprint density at radius 2 is 1.90 bits per heavy atom. The van der Waals surface area contributed by atoms with Crippen LogP contribution in [0.1, 0.15) is 47.1 Å². The van der Waals surface area contributed by atoms with Gasteiger partial charge in [-0.05, 0) is 56.5 Å². The van der Waals surface area contributed by atoms with E-state index in [1.54, 1.807) is 0 Å². The van der Waals surface area contributed by atoms with Crippen LogP contribution < -0.4 is 5.56 Å². The third-order valence-corrected chi connectivity index (χ3v) is 7.04. The quantitative estimate of drug-likeness (QED) is 0.654. The number of carbonyl (C=O) groups is 1. The van der Waals surface area contributed by atoms with Crippen molar-refractivity contribution in [3.05, 3.63) is 63.9 Å². The van der Waals surface area contributed by atoms with Crippen molar-refractivity contribution in [3.8, 4) is 0 Å². The summed E-state index contributed by atoms with van der Waals surface area (Å²) < 4.78 is 7.69. The molecular weight excluding hydrogens is 392 g/mol. The van der Waals surface area contributed by atoms with E-state index in [4.69, 9.17) is 4.42 Å². The Morgan fingerprint density at radius 1 is 1.06 bits per heavy atom. The number of rotatable bonds is 3. The van der Waals surface area contributed by atoms with Crippen molar-refractivity contribution in [2.75, 3.05) is 26.2 Å². The second-order valence-electron chi connectivity index (χ2n) is 9.18. The molecule has 2 fully saturated rings. The van der Waals surface area contributed by atoms with Crippen molar-refractivity contribution in [2.45, 2.75) is 38.3 Å². The van der Waals surface area contributed by atoms with Crippen LogP contribution in [-0.2, 0) is 13.1 Å². The molecule has 0 spiro atoms. The molecule has 0 radical (unpaired) electrons. The molecule has 2 aromatic heterocycles. The molecule has 1 amide bonds. The van der Waals surface area contributed by atoms with Crippen molar-refractivity contribution in [1.29, 1.82) is 0 Å². The molecule has 160 valence electrons. The fraction of sp³-hybridized carbons (Fsp3) is 0.458. The molecule has 0 aliphatic carbocycles. The number of oxazole rings is 1. The first kappa shape index (κ1) is 18.8. The summed E-state index contributed by atoms with van der Waals surface area (Å²) >= 11 is 0. The molecular formula is C24H26N4O3. The van der Waals surface area contributed by atoms with Crippen molar-refractivity contribution in [3.63, 3.8) is 0 Å². The van der Waals surface area contributed by atoms with Gasteiger partial charge in [-0.1, -0.05) is 18.2 Å². The summed E-state index contributed by atoms with van der Waals surface area (Å²) in [6, 6.07) is 11.6. The van der Waals surface area contributed by atoms with Gasteiger partial charge in [-0.15, -0.1) is 0 Å². The van der Waals surface area contributed by atoms with Crippen molar-refractivity contribution >= 4 is 17.0 Å². The number of piperidine rings is 1. The molecule has 0 unspecified atom stereocenters. The molecule has 0 saturated carbocycles. The van der Waals surface area contributed by atoms with E-state index in [2.05, 4.69) is 16.0 Å². The molecule has 1 aromatic carbocycles. The predicted molar refractivity (Wildman–Crippen MR) is 116 cm³/mol. The van der Waals surface area contributed by atoms with E-state index in [9.17, 15) is 9.59 Å². The Bertz CT molecular complexity index is 1170. The second-order valence-corrected chi connectivity index (χ2v) is 9.18. The normalized spacial score (nSPS) is 23.3. The van der Waals surface area contributed by atoms with Crippen LogP contribution in [0.2, 0.25) is 0 Å². The summed E-state index contributed by atoms with van der Waals surface area (Å²) in [6.07, 6.45) is 3.46. The molecule has 5 heterocycles. The van der Waals surface area contributed by atoms with Gasteiger partial charge in [-0.25, -0.2) is 4.98 Å². The molecule has 7 nitrogen and oxygen atoms in total. The van der Waals surface area contributed by atoms with E-state index in [1.165, 1.54) is 12.8 Å². The van der Waals surface area contributed by atoms with Gasteiger partial charge in [0.15, 0.2) is 5.58 Å². The average Bonchev–Trinajstić information content (AvgIpc) is 3.45. The van der Waals surface area contributed by atoms with Crippen LogP contribution in [0.5, 0.6) is 0 Å². The largest absolute Gasteiger partial charge is 0.432 e. The zero-order valence-electron chi connectivity index (χ0n) is 17.5. The SMILES string of the molecule is O=C(c1nc2ccccc2o1)N1C[C@@H]2C[C@H](C1)c1ccc(CN3CCCC3)c(=O)n1C2. The third-order valence-electron chi connectivity index (χ3n) is 7.04. The van der Waals surface area contributed by atoms with E-state index >= 15 is 0 Å². The number of likely N-dealkylation sites (tertiary alicyclic amines) is 2. The summed E-state index contributed by atoms with van der Waals surface area (Å²) in [5, 5.41) is 0. The molecule has 7 heteroatoms. The summed E-state index contributed by atoms with van der Waals surface area (Å²) in [4.78, 5) is 34.9. The van der Waals surface area contributed by atoms with Gasteiger partial charge in [0, 0.05) is 43.4 Å². The standard InChI is InChI=1S/C24H26N4O3/c29-23-17(14-26-9-3-4-10-26)7-8-20-18-11-16(13-28(20)23)12-27(15-18)24(30)22-25-19-5-1-2-6-21(19)31-22/h1-2,5-8,16,18H,3-4,9-15H2/t16-,18+/m0/s1. The van der Waals surface area contributed by atoms with Crippen LogP contribution >= 0.6 is 0 Å². The Balaban J connectivity index is 1.25. The fourth-order valence-electron chi connectivity index (χ4n) is 5.56. The number of aromatic nitrogens is 2. The zero-order chi connectivity index (χ0) is 20.9. The lowest BCUT2D eigenvalue weighted by molar-refractivity contribution is 0.0558. The highest BCUT2D eigenvalue weighted by Crippen LogP contribution is 2.36. The molecule has 3 aliphatic heterocycles. The van der Waals surface area contributed by atoms with Gasteiger partial charge in [-0.3, -0.25) is 14.5 Å². The molecule has 2 bridgehead atoms. The van der Waals surface area contributed by atoms with Gasteiger partial charge < -0.3 is 13.9 Å². The maximum atomic E-state index is 13.2. The molecule has 3 aliphatic rings. The molecule has 2 saturated heterocycles. The van der Waals surface area contributed by atoms with Crippen molar-refractivity contribution in [1.82, 2.24) is 19.4 Å². The number of fused-ring (bicyclic) bond motifs is 5. The molecule has 6 rings (SSSR count). The highest BCUT2D eigenvalue weighted by molar-refractivity contribution is 5.92. The van der Waals surface area contributed by atoms with Crippen LogP contribution in [0, 0.1) is 5.92 Å². The molecule has 2 atom stereocenters.